The molecule has 0 atom stereocenters. The second-order valence-electron chi connectivity index (χ2n) is 31.2. The summed E-state index contributed by atoms with van der Waals surface area (Å²) in [6, 6.07) is 33.8. The fraction of sp³-hybridized carbons (Fsp3) is 0.347. The number of alkyl halides is 9. The van der Waals surface area contributed by atoms with Crippen molar-refractivity contribution in [2.45, 2.75) is 158 Å². The number of thioether (sulfide) groups is 2. The minimum Gasteiger partial charge on any atom is -0.870 e. The molecule has 10 heterocycles. The van der Waals surface area contributed by atoms with Gasteiger partial charge in [-0.15, -0.1) is 23.5 Å². The smallest absolute Gasteiger partial charge is 0.870 e. The van der Waals surface area contributed by atoms with Gasteiger partial charge in [-0.1, -0.05) is 43.3 Å². The molecule has 0 aliphatic heterocycles. The number of hydrogen-bond acceptors (Lipinski definition) is 38. The van der Waals surface area contributed by atoms with E-state index in [2.05, 4.69) is 81.7 Å². The number of carboxylic acids is 1. The monoisotopic (exact) mass is 2180 g/mol. The predicted molar refractivity (Wildman–Crippen MR) is 534 cm³/mol. The summed E-state index contributed by atoms with van der Waals surface area (Å²) in [7, 11) is -3.78. The van der Waals surface area contributed by atoms with Gasteiger partial charge in [0.1, 0.15) is 78.0 Å². The van der Waals surface area contributed by atoms with Gasteiger partial charge in [0, 0.05) is 44.9 Å². The van der Waals surface area contributed by atoms with Gasteiger partial charge in [0.2, 0.25) is 29.1 Å². The Morgan fingerprint density at radius 3 is 1.02 bits per heavy atom. The average molecular weight is 2180 g/mol. The van der Waals surface area contributed by atoms with Gasteiger partial charge in [0.25, 0.3) is 0 Å². The fourth-order valence-corrected chi connectivity index (χ4v) is 15.9. The second-order valence-corrected chi connectivity index (χ2v) is 35.1. The van der Waals surface area contributed by atoms with E-state index in [-0.39, 0.29) is 162 Å². The van der Waals surface area contributed by atoms with E-state index >= 15 is 0 Å². The second kappa shape index (κ2) is 56.5. The van der Waals surface area contributed by atoms with E-state index in [1.165, 1.54) is 80.0 Å². The zero-order chi connectivity index (χ0) is 108. The number of sulfone groups is 1. The number of rotatable bonds is 32. The SMILES string of the molecule is CC#N.CCN.CCNc1nc(-c2ccco2)c(C(=O)OCC)c(S(C)(=O)=O)n1.CCNc1nc(NC2(c3cccc(C(F)(F)F)c3)CC2)c(C(=O)O)c(-c2ccco2)n1.CCNc1nc(NC2(c3cccc(C(F)(F)F)c3)CC2)c(C(=O)OCC)c(-c2ccco2)n1.CCNc1nc(SC)c(C(=O)OCC)c(-c2ccco2)n1.CCOC(=O)c1c(SC)nc(Cl)nc1-c1ccco1.NC1(c2cccc(C(F)(F)F)c2)CC1.[K+].[OH-]. The summed E-state index contributed by atoms with van der Waals surface area (Å²) in [6.45, 7) is 21.3. The van der Waals surface area contributed by atoms with Crippen LogP contribution < -0.4 is 94.8 Å². The van der Waals surface area contributed by atoms with E-state index in [0.717, 1.165) is 62.0 Å². The molecule has 10 aromatic heterocycles. The van der Waals surface area contributed by atoms with Crippen molar-refractivity contribution in [3.05, 3.63) is 231 Å². The molecule has 3 fully saturated rings. The van der Waals surface area contributed by atoms with E-state index in [9.17, 15) is 77.0 Å². The van der Waals surface area contributed by atoms with Crippen molar-refractivity contribution in [2.24, 2.45) is 11.5 Å². The zero-order valence-electron chi connectivity index (χ0n) is 83.2. The number of ether oxygens (including phenoxy) is 4. The molecule has 0 bridgehead atoms. The number of anilines is 6. The Labute approximate surface area is 906 Å². The maximum Gasteiger partial charge on any atom is 1.00 e. The summed E-state index contributed by atoms with van der Waals surface area (Å²) in [4.78, 5) is 104. The first kappa shape index (κ1) is 123. The van der Waals surface area contributed by atoms with Gasteiger partial charge in [-0.2, -0.15) is 54.7 Å². The first-order valence-corrected chi connectivity index (χ1v) is 50.2. The normalized spacial score (nSPS) is 12.9. The van der Waals surface area contributed by atoms with Crippen LogP contribution >= 0.6 is 35.1 Å². The molecule has 3 aliphatic carbocycles. The molecule has 3 aromatic carbocycles. The van der Waals surface area contributed by atoms with E-state index in [1.54, 1.807) is 119 Å². The summed E-state index contributed by atoms with van der Waals surface area (Å²) in [6.07, 6.45) is 2.47. The minimum absolute atomic E-state index is 0. The molecule has 12 N–H and O–H groups in total. The molecule has 13 aromatic rings. The van der Waals surface area contributed by atoms with E-state index in [0.29, 0.717) is 125 Å². The number of nitrogens with one attached hydrogen (secondary N) is 6. The molecule has 0 spiro atoms. The molecule has 0 saturated heterocycles. The van der Waals surface area contributed by atoms with Crippen LogP contribution in [0.15, 0.2) is 202 Å². The third-order valence-corrected chi connectivity index (χ3v) is 23.2. The van der Waals surface area contributed by atoms with Crippen molar-refractivity contribution in [2.75, 3.05) is 110 Å². The van der Waals surface area contributed by atoms with Crippen LogP contribution in [0, 0.1) is 11.3 Å². The van der Waals surface area contributed by atoms with E-state index in [4.69, 9.17) is 69.4 Å². The summed E-state index contributed by atoms with van der Waals surface area (Å²) in [5.74, 6) is -0.746. The van der Waals surface area contributed by atoms with Gasteiger partial charge in [-0.3, -0.25) is 0 Å². The molecular formula is C98H108ClF9KN19O18S3. The molecule has 0 amide bonds. The topological polar surface area (TPSA) is 549 Å². The molecule has 792 valence electrons. The van der Waals surface area contributed by atoms with Crippen molar-refractivity contribution >= 4 is 110 Å². The van der Waals surface area contributed by atoms with Crippen molar-refractivity contribution in [1.82, 2.24) is 49.8 Å². The van der Waals surface area contributed by atoms with Crippen molar-refractivity contribution in [1.29, 1.82) is 5.26 Å². The summed E-state index contributed by atoms with van der Waals surface area (Å²) in [5, 5.41) is 36.1. The largest absolute Gasteiger partial charge is 1.00 e. The average Bonchev–Trinajstić information content (AvgIpc) is 1.62. The predicted octanol–water partition coefficient (Wildman–Crippen LogP) is 18.5. The number of aromatic nitrogens is 10. The van der Waals surface area contributed by atoms with E-state index in [1.807, 2.05) is 40.9 Å². The standard InChI is InChI=1S/C23H23F3N4O3.C21H19F3N4O3.C14H17N3O5S.C14H17N3O3S.C12H11ClN2O3S.C10H10F3N.C2H7N.C2H3N.K.H2O/c1-3-27-21-28-18(16-9-6-12-33-16)17(20(31)32-4-2)19(29-21)30-22(10-11-22)14-7-5-8-15(13-14)23(24,25)26;1-2-25-19-26-16(14-7-4-10-31-14)15(18(29)30)17(27-19)28-20(8-9-20)12-5-3-6-13(11-12)21(22,23)24;1-4-15-14-16-11(9-7-6-8-22-9)10(13(18)21-5-2)12(17-14)23(3,19)20;1-4-15-14-16-11(9-7-6-8-20-9)10(12(17-14)21-3)13(18)19-5-2;1-3-17-11(16)8-9(7-5-4-6-18-7)14-12(13)15-10(8)19-2;11-10(12,13)8-3-1-2-7(6-8)9(14)4-5-9;2*1-2-3;;/h5-9,12-13H,3-4,10-11H2,1-2H3,(H2,27,28,29,30);3-7,10-11H,2,8-9H2,1H3,(H,29,30)(H2,25,26,27,28);6-8H,4-5H2,1-3H3,(H,15,16,17);6-8H,4-5H2,1-3H3,(H,15,16,17);4-6H,3H2,1-2H3;1-3,6H,4-5,14H2;2-3H2,1H3;1H3;;1H2/q;;;;;;;;+1;/p-1. The number of nitrogens with two attached hydrogens (primary N) is 2. The zero-order valence-corrected chi connectivity index (χ0v) is 89.5. The Morgan fingerprint density at radius 2 is 0.725 bits per heavy atom. The van der Waals surface area contributed by atoms with Crippen LogP contribution in [0.25, 0.3) is 57.3 Å². The number of carbonyl (C=O) groups excluding carboxylic acids is 4. The van der Waals surface area contributed by atoms with E-state index < -0.39 is 96.5 Å². The maximum absolute atomic E-state index is 13.3. The number of carboxylic acid groups (broad SMARTS) is 1. The van der Waals surface area contributed by atoms with Crippen LogP contribution in [0.1, 0.15) is 193 Å². The summed E-state index contributed by atoms with van der Waals surface area (Å²) in [5.41, 5.74) is 9.27. The van der Waals surface area contributed by atoms with Gasteiger partial charge in [-0.25, -0.2) is 72.3 Å². The van der Waals surface area contributed by atoms with Crippen LogP contribution in [-0.2, 0) is 63.9 Å². The Balaban J connectivity index is 0.000000243. The van der Waals surface area contributed by atoms with Crippen LogP contribution in [0.3, 0.4) is 0 Å². The Hall–Kier alpha value is -13.1. The van der Waals surface area contributed by atoms with Crippen molar-refractivity contribution in [3.8, 4) is 63.3 Å². The Bertz CT molecular complexity index is 6730. The quantitative estimate of drug-likeness (QED) is 0.00360. The molecule has 0 radical (unpaired) electrons. The number of hydrogen-bond donors (Lipinski definition) is 9. The molecule has 0 unspecified atom stereocenters. The van der Waals surface area contributed by atoms with Crippen LogP contribution in [-0.4, -0.2) is 177 Å². The Morgan fingerprint density at radius 1 is 0.443 bits per heavy atom. The summed E-state index contributed by atoms with van der Waals surface area (Å²) >= 11 is 8.53. The van der Waals surface area contributed by atoms with Crippen LogP contribution in [0.4, 0.5) is 74.9 Å². The molecule has 16 rings (SSSR count). The number of halogens is 10. The number of benzene rings is 3. The number of nitrogens with zero attached hydrogens (tertiary/aromatic N) is 11. The molecule has 3 aliphatic rings. The first-order chi connectivity index (χ1) is 70.0. The van der Waals surface area contributed by atoms with Gasteiger partial charge < -0.3 is 95.0 Å². The van der Waals surface area contributed by atoms with Gasteiger partial charge >= 0.3 is 99.8 Å². The Kier molecular flexibility index (Phi) is 46.6. The van der Waals surface area contributed by atoms with Gasteiger partial charge in [0.15, 0.2) is 43.7 Å². The third-order valence-electron chi connectivity index (χ3n) is 20.7. The number of esters is 4. The molecule has 51 heteroatoms. The van der Waals surface area contributed by atoms with Crippen LogP contribution in [0.5, 0.6) is 0 Å². The number of furan rings is 5. The third kappa shape index (κ3) is 33.5. The number of nitriles is 1. The molecule has 3 saturated carbocycles. The first-order valence-electron chi connectivity index (χ1n) is 45.5. The van der Waals surface area contributed by atoms with Gasteiger partial charge in [0.05, 0.1) is 91.6 Å². The fourth-order valence-electron chi connectivity index (χ4n) is 13.7. The number of aromatic carboxylic acids is 1. The van der Waals surface area contributed by atoms with Crippen molar-refractivity contribution < 1.29 is 175 Å². The molecular weight excluding hydrogens is 2070 g/mol. The summed E-state index contributed by atoms with van der Waals surface area (Å²) < 4.78 is 188. The van der Waals surface area contributed by atoms with Crippen LogP contribution in [0.2, 0.25) is 5.28 Å². The number of carbonyl (C=O) groups is 5. The van der Waals surface area contributed by atoms with Crippen molar-refractivity contribution in [3.63, 3.8) is 0 Å². The molecule has 149 heavy (non-hydrogen) atoms. The maximum atomic E-state index is 13.3. The molecule has 37 nitrogen and oxygen atoms in total. The minimum atomic E-state index is -4.47. The van der Waals surface area contributed by atoms with Gasteiger partial charge in [-0.05, 0) is 238 Å².